The van der Waals surface area contributed by atoms with Gasteiger partial charge < -0.3 is 24.2 Å². The maximum atomic E-state index is 13.5. The molecule has 15 nitrogen and oxygen atoms in total. The second kappa shape index (κ2) is 12.9. The molecule has 1 unspecified atom stereocenters. The van der Waals surface area contributed by atoms with Crippen molar-refractivity contribution in [3.8, 4) is 0 Å². The Kier molecular flexibility index (Phi) is 8.80. The number of carbonyl (C=O) groups excluding carboxylic acids is 4. The molecule has 5 rings (SSSR count). The zero-order valence-corrected chi connectivity index (χ0v) is 24.7. The average Bonchev–Trinajstić information content (AvgIpc) is 3.64. The van der Waals surface area contributed by atoms with Crippen LogP contribution < -0.4 is 15.2 Å². The molecule has 1 fully saturated rings. The fraction of sp³-hybridized carbons (Fsp3) is 0.286. The molecule has 0 aliphatic carbocycles. The highest BCUT2D eigenvalue weighted by molar-refractivity contribution is 7.14. The molecule has 0 radical (unpaired) electrons. The molecule has 0 bridgehead atoms. The van der Waals surface area contributed by atoms with Crippen LogP contribution in [0, 0.1) is 0 Å². The third kappa shape index (κ3) is 5.78. The normalized spacial score (nSPS) is 17.8. The second-order valence-electron chi connectivity index (χ2n) is 9.60. The number of pyridine rings is 1. The van der Waals surface area contributed by atoms with Crippen LogP contribution in [-0.4, -0.2) is 81.4 Å². The van der Waals surface area contributed by atoms with Gasteiger partial charge in [0.1, 0.15) is 43.1 Å². The number of hydrogen-bond donors (Lipinski definition) is 2. The molecule has 2 N–H and O–H groups in total. The Morgan fingerprint density at radius 3 is 2.77 bits per heavy atom. The van der Waals surface area contributed by atoms with Crippen LogP contribution in [0.25, 0.3) is 16.7 Å². The van der Waals surface area contributed by atoms with Crippen molar-refractivity contribution in [1.82, 2.24) is 24.8 Å². The van der Waals surface area contributed by atoms with E-state index < -0.39 is 36.0 Å². The number of esters is 1. The third-order valence-electron chi connectivity index (χ3n) is 6.89. The lowest BCUT2D eigenvalue weighted by atomic mass is 9.85. The number of fused-ring (bicyclic) bond motifs is 2. The molecule has 2 atom stereocenters. The summed E-state index contributed by atoms with van der Waals surface area (Å²) >= 11 is 1.04. The van der Waals surface area contributed by atoms with Crippen LogP contribution in [-0.2, 0) is 35.7 Å². The molecule has 5 heterocycles. The molecular weight excluding hydrogens is 592 g/mol. The number of rotatable bonds is 11. The summed E-state index contributed by atoms with van der Waals surface area (Å²) in [7, 11) is 3.12. The number of allylic oxidation sites excluding steroid dienone is 1. The van der Waals surface area contributed by atoms with Crippen molar-refractivity contribution in [3.05, 3.63) is 66.9 Å². The molecule has 0 aromatic carbocycles. The lowest BCUT2D eigenvalue weighted by molar-refractivity contribution is -0.583. The molecule has 0 spiro atoms. The first kappa shape index (κ1) is 30.1. The van der Waals surface area contributed by atoms with Gasteiger partial charge in [0.25, 0.3) is 11.8 Å². The summed E-state index contributed by atoms with van der Waals surface area (Å²) in [5.74, 6) is -1.90. The van der Waals surface area contributed by atoms with Crippen LogP contribution >= 0.6 is 11.3 Å². The first-order valence-corrected chi connectivity index (χ1v) is 14.2. The van der Waals surface area contributed by atoms with Crippen molar-refractivity contribution in [3.63, 3.8) is 0 Å². The molecule has 44 heavy (non-hydrogen) atoms. The van der Waals surface area contributed by atoms with Gasteiger partial charge in [-0.25, -0.2) is 19.6 Å². The number of anilines is 1. The summed E-state index contributed by atoms with van der Waals surface area (Å²) in [6, 6.07) is 0.365. The van der Waals surface area contributed by atoms with Crippen molar-refractivity contribution in [2.75, 3.05) is 25.6 Å². The Hall–Kier alpha value is -5.38. The van der Waals surface area contributed by atoms with Crippen molar-refractivity contribution in [2.24, 2.45) is 12.2 Å². The van der Waals surface area contributed by atoms with Crippen LogP contribution in [0.1, 0.15) is 18.5 Å². The minimum absolute atomic E-state index is 0.0130. The number of carbonyl (C=O) groups is 4. The average molecular weight is 622 g/mol. The number of nitrogens with zero attached hydrogens (tertiary/aromatic N) is 6. The van der Waals surface area contributed by atoms with E-state index in [2.05, 4.69) is 38.9 Å². The topological polar surface area (TPSA) is 170 Å². The summed E-state index contributed by atoms with van der Waals surface area (Å²) in [6.07, 6.45) is 8.28. The summed E-state index contributed by atoms with van der Waals surface area (Å²) in [5.41, 5.74) is 2.18. The van der Waals surface area contributed by atoms with Gasteiger partial charge in [0.2, 0.25) is 11.9 Å². The number of imidazole rings is 1. The van der Waals surface area contributed by atoms with Crippen LogP contribution in [0.4, 0.5) is 9.93 Å². The molecule has 3 aromatic rings. The van der Waals surface area contributed by atoms with E-state index in [-0.39, 0.29) is 35.4 Å². The standard InChI is InChI=1S/C28H28N8O7S/c1-5-11-42-26(39)23-19(35-10-9-16-20(13-35)34(3)15-29-16)8-7-18-22(25(38)36(18)23)31-24(37)21(33-41-4)17-14-44-27(30-17)32-28(40)43-12-6-2/h5-6,9-10,13-15,18,22H,1-2,7-8,11-12H2,3-4H3,(H-,30,31,32,37,40)/p+1/t18?,22-/m1/s1. The highest BCUT2D eigenvalue weighted by Crippen LogP contribution is 2.37. The van der Waals surface area contributed by atoms with E-state index in [1.54, 1.807) is 17.1 Å². The van der Waals surface area contributed by atoms with Gasteiger partial charge in [-0.15, -0.1) is 11.3 Å². The zero-order valence-electron chi connectivity index (χ0n) is 23.9. The van der Waals surface area contributed by atoms with Crippen molar-refractivity contribution >= 4 is 62.8 Å². The third-order valence-corrected chi connectivity index (χ3v) is 7.65. The summed E-state index contributed by atoms with van der Waals surface area (Å²) < 4.78 is 13.9. The predicted molar refractivity (Wildman–Crippen MR) is 158 cm³/mol. The number of nitrogens with one attached hydrogen (secondary N) is 2. The van der Waals surface area contributed by atoms with Gasteiger partial charge in [-0.3, -0.25) is 19.8 Å². The maximum Gasteiger partial charge on any atom is 0.413 e. The Balaban J connectivity index is 1.37. The van der Waals surface area contributed by atoms with Gasteiger partial charge in [0.15, 0.2) is 22.7 Å². The Bertz CT molecular complexity index is 1730. The lowest BCUT2D eigenvalue weighted by Gasteiger charge is -2.49. The van der Waals surface area contributed by atoms with Crippen molar-refractivity contribution in [2.45, 2.75) is 24.9 Å². The molecule has 3 aromatic heterocycles. The quantitative estimate of drug-likeness (QED) is 0.0804. The highest BCUT2D eigenvalue weighted by atomic mass is 32.1. The van der Waals surface area contributed by atoms with Crippen LogP contribution in [0.3, 0.4) is 0 Å². The number of amides is 3. The number of hydrogen-bond acceptors (Lipinski definition) is 11. The van der Waals surface area contributed by atoms with Gasteiger partial charge >= 0.3 is 12.1 Å². The van der Waals surface area contributed by atoms with E-state index >= 15 is 0 Å². The van der Waals surface area contributed by atoms with Gasteiger partial charge in [0, 0.05) is 24.9 Å². The number of oxime groups is 1. The van der Waals surface area contributed by atoms with Crippen LogP contribution in [0.2, 0.25) is 0 Å². The fourth-order valence-electron chi connectivity index (χ4n) is 4.93. The van der Waals surface area contributed by atoms with Gasteiger partial charge in [-0.05, 0) is 6.42 Å². The van der Waals surface area contributed by atoms with E-state index in [4.69, 9.17) is 14.3 Å². The van der Waals surface area contributed by atoms with E-state index in [1.165, 1.54) is 29.5 Å². The van der Waals surface area contributed by atoms with E-state index in [0.717, 1.165) is 22.4 Å². The zero-order chi connectivity index (χ0) is 31.4. The fourth-order valence-corrected chi connectivity index (χ4v) is 5.61. The number of thiazole rings is 1. The van der Waals surface area contributed by atoms with E-state index in [9.17, 15) is 19.2 Å². The molecule has 228 valence electrons. The second-order valence-corrected chi connectivity index (χ2v) is 10.5. The van der Waals surface area contributed by atoms with E-state index in [1.807, 2.05) is 23.9 Å². The molecular formula is C28H29N8O7S+. The lowest BCUT2D eigenvalue weighted by Crippen LogP contribution is -2.72. The summed E-state index contributed by atoms with van der Waals surface area (Å²) in [4.78, 5) is 66.7. The Morgan fingerprint density at radius 1 is 1.25 bits per heavy atom. The highest BCUT2D eigenvalue weighted by Gasteiger charge is 2.56. The number of ether oxygens (including phenoxy) is 2. The summed E-state index contributed by atoms with van der Waals surface area (Å²) in [6.45, 7) is 7.04. The number of aryl methyl sites for hydroxylation is 1. The van der Waals surface area contributed by atoms with Gasteiger partial charge in [-0.1, -0.05) is 30.5 Å². The molecule has 16 heteroatoms. The maximum absolute atomic E-state index is 13.5. The van der Waals surface area contributed by atoms with Crippen LogP contribution in [0.5, 0.6) is 0 Å². The molecule has 0 saturated carbocycles. The van der Waals surface area contributed by atoms with Gasteiger partial charge in [0.05, 0.1) is 12.4 Å². The monoisotopic (exact) mass is 621 g/mol. The summed E-state index contributed by atoms with van der Waals surface area (Å²) in [5, 5.41) is 10.6. The number of aromatic nitrogens is 4. The molecule has 2 aliphatic rings. The number of β-lactam (4-membered cyclic amide) rings is 1. The van der Waals surface area contributed by atoms with Crippen molar-refractivity contribution in [1.29, 1.82) is 0 Å². The Morgan fingerprint density at radius 2 is 2.02 bits per heavy atom. The van der Waals surface area contributed by atoms with Crippen LogP contribution in [0.15, 0.2) is 66.3 Å². The first-order valence-electron chi connectivity index (χ1n) is 13.4. The minimum atomic E-state index is -0.942. The van der Waals surface area contributed by atoms with Crippen molar-refractivity contribution < 1.29 is 38.1 Å². The van der Waals surface area contributed by atoms with Gasteiger partial charge in [-0.2, -0.15) is 4.57 Å². The molecule has 3 amide bonds. The first-order chi connectivity index (χ1) is 21.3. The minimum Gasteiger partial charge on any atom is -0.457 e. The molecule has 2 aliphatic heterocycles. The molecule has 1 saturated heterocycles. The predicted octanol–water partition coefficient (Wildman–Crippen LogP) is 1.49. The smallest absolute Gasteiger partial charge is 0.413 e. The largest absolute Gasteiger partial charge is 0.457 e. The Labute approximate surface area is 255 Å². The SMILES string of the molecule is C=CCOC(=O)Nc1nc(C(=NOC)C(=O)N[C@H]2C(=O)N3C(C(=O)OCC=C)=C([n+]4ccc5ncn(C)c5c4)CCC23)cs1. The van der Waals surface area contributed by atoms with E-state index in [0.29, 0.717) is 18.5 Å².